The van der Waals surface area contributed by atoms with E-state index in [-0.39, 0.29) is 22.9 Å². The van der Waals surface area contributed by atoms with Crippen LogP contribution < -0.4 is 4.74 Å². The van der Waals surface area contributed by atoms with Crippen LogP contribution in [-0.2, 0) is 32.7 Å². The Bertz CT molecular complexity index is 1090. The zero-order valence-electron chi connectivity index (χ0n) is 15.7. The summed E-state index contributed by atoms with van der Waals surface area (Å²) in [5.41, 5.74) is 2.31. The summed E-state index contributed by atoms with van der Waals surface area (Å²) in [5.74, 6) is 0.573. The molecule has 4 rings (SSSR count). The van der Waals surface area contributed by atoms with E-state index in [1.807, 2.05) is 6.07 Å². The quantitative estimate of drug-likeness (QED) is 0.741. The largest absolute Gasteiger partial charge is 0.497 e. The molecule has 1 fully saturated rings. The monoisotopic (exact) mass is 421 g/mol. The molecule has 8 heteroatoms. The van der Waals surface area contributed by atoms with E-state index in [0.29, 0.717) is 5.75 Å². The van der Waals surface area contributed by atoms with Crippen molar-refractivity contribution in [2.75, 3.05) is 20.2 Å². The van der Waals surface area contributed by atoms with Crippen LogP contribution >= 0.6 is 0 Å². The second-order valence-electron chi connectivity index (χ2n) is 7.30. The van der Waals surface area contributed by atoms with Crippen molar-refractivity contribution in [3.05, 3.63) is 53.6 Å². The first-order valence-corrected chi connectivity index (χ1v) is 12.3. The molecule has 1 aliphatic heterocycles. The van der Waals surface area contributed by atoms with E-state index in [9.17, 15) is 16.8 Å². The van der Waals surface area contributed by atoms with Crippen LogP contribution in [0.1, 0.15) is 24.0 Å². The molecule has 0 saturated carbocycles. The molecular weight excluding hydrogens is 398 g/mol. The second-order valence-corrected chi connectivity index (χ2v) is 11.5. The maximum Gasteiger partial charge on any atom is 0.243 e. The Morgan fingerprint density at radius 3 is 2.11 bits per heavy atom. The summed E-state index contributed by atoms with van der Waals surface area (Å²) >= 11 is 0. The number of nitrogens with zero attached hydrogens (tertiary/aromatic N) is 1. The number of benzene rings is 2. The van der Waals surface area contributed by atoms with Gasteiger partial charge in [-0.05, 0) is 73.2 Å². The van der Waals surface area contributed by atoms with Gasteiger partial charge in [-0.2, -0.15) is 4.31 Å². The summed E-state index contributed by atoms with van der Waals surface area (Å²) in [6, 6.07) is 11.5. The van der Waals surface area contributed by atoms with Crippen LogP contribution in [0.5, 0.6) is 5.75 Å². The summed E-state index contributed by atoms with van der Waals surface area (Å²) < 4.78 is 57.6. The predicted molar refractivity (Wildman–Crippen MR) is 106 cm³/mol. The van der Waals surface area contributed by atoms with Gasteiger partial charge >= 0.3 is 0 Å². The Hall–Kier alpha value is -1.90. The maximum absolute atomic E-state index is 12.9. The molecule has 28 heavy (non-hydrogen) atoms. The SMILES string of the molecule is COc1ccc(S(=O)(=O)C2CN(S(=O)(=O)c3ccc4c(c3)CCCC4)C2)cc1. The molecule has 0 atom stereocenters. The highest BCUT2D eigenvalue weighted by molar-refractivity contribution is 7.92. The lowest BCUT2D eigenvalue weighted by atomic mass is 9.92. The van der Waals surface area contributed by atoms with E-state index in [1.165, 1.54) is 29.1 Å². The molecular formula is C20H23NO5S2. The van der Waals surface area contributed by atoms with Crippen LogP contribution in [0.25, 0.3) is 0 Å². The molecule has 1 aliphatic carbocycles. The maximum atomic E-state index is 12.9. The van der Waals surface area contributed by atoms with E-state index < -0.39 is 25.1 Å². The summed E-state index contributed by atoms with van der Waals surface area (Å²) in [4.78, 5) is 0.442. The van der Waals surface area contributed by atoms with Crippen molar-refractivity contribution >= 4 is 19.9 Å². The smallest absolute Gasteiger partial charge is 0.243 e. The van der Waals surface area contributed by atoms with Gasteiger partial charge in [-0.3, -0.25) is 0 Å². The molecule has 2 aromatic carbocycles. The zero-order valence-corrected chi connectivity index (χ0v) is 17.3. The Morgan fingerprint density at radius 1 is 0.857 bits per heavy atom. The Labute approximate surface area is 166 Å². The molecule has 150 valence electrons. The zero-order chi connectivity index (χ0) is 19.9. The fourth-order valence-electron chi connectivity index (χ4n) is 3.77. The number of fused-ring (bicyclic) bond motifs is 1. The van der Waals surface area contributed by atoms with Crippen LogP contribution in [0, 0.1) is 0 Å². The van der Waals surface area contributed by atoms with Crippen molar-refractivity contribution in [2.45, 2.75) is 40.7 Å². The van der Waals surface area contributed by atoms with Crippen molar-refractivity contribution in [1.82, 2.24) is 4.31 Å². The summed E-state index contributed by atoms with van der Waals surface area (Å²) in [6.45, 7) is -0.0401. The van der Waals surface area contributed by atoms with Crippen LogP contribution in [-0.4, -0.2) is 46.6 Å². The lowest BCUT2D eigenvalue weighted by molar-refractivity contribution is 0.309. The van der Waals surface area contributed by atoms with Gasteiger partial charge in [0.1, 0.15) is 5.75 Å². The Kier molecular flexibility index (Phi) is 4.97. The van der Waals surface area contributed by atoms with Gasteiger partial charge in [-0.25, -0.2) is 16.8 Å². The van der Waals surface area contributed by atoms with Gasteiger partial charge < -0.3 is 4.74 Å². The van der Waals surface area contributed by atoms with E-state index in [1.54, 1.807) is 24.3 Å². The van der Waals surface area contributed by atoms with Gasteiger partial charge in [0.05, 0.1) is 22.2 Å². The molecule has 6 nitrogen and oxygen atoms in total. The third-order valence-electron chi connectivity index (χ3n) is 5.60. The number of sulfone groups is 1. The fourth-order valence-corrected chi connectivity index (χ4v) is 7.19. The third-order valence-corrected chi connectivity index (χ3v) is 9.53. The van der Waals surface area contributed by atoms with E-state index in [0.717, 1.165) is 31.2 Å². The van der Waals surface area contributed by atoms with Gasteiger partial charge in [0, 0.05) is 13.1 Å². The first kappa shape index (κ1) is 19.4. The van der Waals surface area contributed by atoms with Crippen molar-refractivity contribution in [1.29, 1.82) is 0 Å². The highest BCUT2D eigenvalue weighted by atomic mass is 32.2. The topological polar surface area (TPSA) is 80.8 Å². The average Bonchev–Trinajstić information content (AvgIpc) is 2.66. The number of ether oxygens (including phenoxy) is 1. The van der Waals surface area contributed by atoms with E-state index in [2.05, 4.69) is 0 Å². The summed E-state index contributed by atoms with van der Waals surface area (Å²) in [6.07, 6.45) is 4.09. The van der Waals surface area contributed by atoms with Crippen LogP contribution in [0.4, 0.5) is 0 Å². The van der Waals surface area contributed by atoms with Crippen LogP contribution in [0.15, 0.2) is 52.3 Å². The molecule has 0 bridgehead atoms. The molecule has 0 amide bonds. The van der Waals surface area contributed by atoms with Gasteiger partial charge in [0.2, 0.25) is 10.0 Å². The van der Waals surface area contributed by atoms with Crippen LogP contribution in [0.2, 0.25) is 0 Å². The first-order valence-electron chi connectivity index (χ1n) is 9.32. The number of hydrogen-bond donors (Lipinski definition) is 0. The van der Waals surface area contributed by atoms with E-state index in [4.69, 9.17) is 4.74 Å². The van der Waals surface area contributed by atoms with Crippen molar-refractivity contribution in [2.24, 2.45) is 0 Å². The lowest BCUT2D eigenvalue weighted by Gasteiger charge is -2.37. The number of hydrogen-bond acceptors (Lipinski definition) is 5. The highest BCUT2D eigenvalue weighted by Crippen LogP contribution is 2.31. The number of methoxy groups -OCH3 is 1. The molecule has 0 unspecified atom stereocenters. The molecule has 1 heterocycles. The number of aryl methyl sites for hydroxylation is 2. The number of rotatable bonds is 5. The minimum absolute atomic E-state index is 0.0201. The number of sulfonamides is 1. The summed E-state index contributed by atoms with van der Waals surface area (Å²) in [7, 11) is -5.74. The normalized spacial score (nSPS) is 18.3. The van der Waals surface area contributed by atoms with Crippen molar-refractivity contribution in [3.63, 3.8) is 0 Å². The highest BCUT2D eigenvalue weighted by Gasteiger charge is 2.44. The standard InChI is InChI=1S/C20H23NO5S2/c1-26-17-7-10-18(11-8-17)27(22,23)20-13-21(14-20)28(24,25)19-9-6-15-4-2-3-5-16(15)12-19/h6-12,20H,2-5,13-14H2,1H3. The average molecular weight is 422 g/mol. The molecule has 0 N–H and O–H groups in total. The molecule has 1 saturated heterocycles. The second kappa shape index (κ2) is 7.17. The predicted octanol–water partition coefficient (Wildman–Crippen LogP) is 2.42. The van der Waals surface area contributed by atoms with Crippen LogP contribution in [0.3, 0.4) is 0 Å². The Balaban J connectivity index is 1.50. The molecule has 0 spiro atoms. The van der Waals surface area contributed by atoms with Gasteiger partial charge in [0.15, 0.2) is 9.84 Å². The molecule has 2 aliphatic rings. The minimum Gasteiger partial charge on any atom is -0.497 e. The molecule has 0 aromatic heterocycles. The minimum atomic E-state index is -3.67. The van der Waals surface area contributed by atoms with E-state index >= 15 is 0 Å². The molecule has 2 aromatic rings. The van der Waals surface area contributed by atoms with Gasteiger partial charge in [-0.1, -0.05) is 6.07 Å². The summed E-state index contributed by atoms with van der Waals surface area (Å²) in [5, 5.41) is -0.728. The molecule has 0 radical (unpaired) electrons. The van der Waals surface area contributed by atoms with Crippen molar-refractivity contribution < 1.29 is 21.6 Å². The fraction of sp³-hybridized carbons (Fsp3) is 0.400. The van der Waals surface area contributed by atoms with Gasteiger partial charge in [0.25, 0.3) is 0 Å². The Morgan fingerprint density at radius 2 is 1.46 bits per heavy atom. The third kappa shape index (κ3) is 3.33. The van der Waals surface area contributed by atoms with Gasteiger partial charge in [-0.15, -0.1) is 0 Å². The first-order chi connectivity index (χ1) is 13.3. The van der Waals surface area contributed by atoms with Crippen molar-refractivity contribution in [3.8, 4) is 5.75 Å². The lowest BCUT2D eigenvalue weighted by Crippen LogP contribution is -2.56.